The zero-order valence-corrected chi connectivity index (χ0v) is 7.88. The summed E-state index contributed by atoms with van der Waals surface area (Å²) in [5, 5.41) is 2.89. The second-order valence-electron chi connectivity index (χ2n) is 3.91. The number of nitrogens with zero attached hydrogens (tertiary/aromatic N) is 1. The summed E-state index contributed by atoms with van der Waals surface area (Å²) in [7, 11) is 0. The Bertz CT molecular complexity index is 231. The molecule has 14 heavy (non-hydrogen) atoms. The lowest BCUT2D eigenvalue weighted by atomic mass is 10.1. The topological polar surface area (TPSA) is 32.3 Å². The fraction of sp³-hybridized carbons (Fsp3) is 0.889. The van der Waals surface area contributed by atoms with Gasteiger partial charge in [-0.2, -0.15) is 0 Å². The molecule has 0 bridgehead atoms. The smallest absolute Gasteiger partial charge is 0.259 e. The van der Waals surface area contributed by atoms with Gasteiger partial charge in [0.1, 0.15) is 6.04 Å². The lowest BCUT2D eigenvalue weighted by molar-refractivity contribution is -0.139. The van der Waals surface area contributed by atoms with Gasteiger partial charge in [0, 0.05) is 25.6 Å². The highest BCUT2D eigenvalue weighted by Gasteiger charge is 2.40. The number of rotatable bonds is 2. The van der Waals surface area contributed by atoms with E-state index in [1.165, 1.54) is 4.90 Å². The Morgan fingerprint density at radius 2 is 2.14 bits per heavy atom. The van der Waals surface area contributed by atoms with Crippen LogP contribution < -0.4 is 5.32 Å². The molecule has 5 heteroatoms. The monoisotopic (exact) mass is 204 g/mol. The standard InChI is InChI=1S/C9H14F2N2O/c10-8(11)7-5-12-3-4-13(7)9(14)6-1-2-6/h6-8,12H,1-5H2. The molecule has 1 N–H and O–H groups in total. The fourth-order valence-corrected chi connectivity index (χ4v) is 1.79. The van der Waals surface area contributed by atoms with E-state index in [1.54, 1.807) is 0 Å². The van der Waals surface area contributed by atoms with E-state index in [2.05, 4.69) is 5.32 Å². The summed E-state index contributed by atoms with van der Waals surface area (Å²) in [5.74, 6) is -0.0360. The van der Waals surface area contributed by atoms with Gasteiger partial charge in [0.15, 0.2) is 0 Å². The Kier molecular flexibility index (Phi) is 2.67. The molecule has 2 rings (SSSR count). The summed E-state index contributed by atoms with van der Waals surface area (Å²) in [6.45, 7) is 1.27. The predicted octanol–water partition coefficient (Wildman–Crippen LogP) is 0.462. The minimum Gasteiger partial charge on any atom is -0.331 e. The molecule has 0 aromatic carbocycles. The highest BCUT2D eigenvalue weighted by atomic mass is 19.3. The molecule has 1 heterocycles. The van der Waals surface area contributed by atoms with Crippen molar-refractivity contribution in [2.24, 2.45) is 5.92 Å². The molecular weight excluding hydrogens is 190 g/mol. The van der Waals surface area contributed by atoms with Crippen LogP contribution in [-0.4, -0.2) is 42.9 Å². The van der Waals surface area contributed by atoms with Crippen molar-refractivity contribution in [1.29, 1.82) is 0 Å². The van der Waals surface area contributed by atoms with Crippen LogP contribution in [0.15, 0.2) is 0 Å². The first kappa shape index (κ1) is 9.83. The summed E-state index contributed by atoms with van der Waals surface area (Å²) < 4.78 is 25.2. The van der Waals surface area contributed by atoms with Crippen molar-refractivity contribution in [2.45, 2.75) is 25.3 Å². The number of carbonyl (C=O) groups is 1. The van der Waals surface area contributed by atoms with Crippen molar-refractivity contribution in [3.05, 3.63) is 0 Å². The zero-order chi connectivity index (χ0) is 10.1. The molecule has 1 unspecified atom stereocenters. The maximum absolute atomic E-state index is 12.6. The summed E-state index contributed by atoms with van der Waals surface area (Å²) >= 11 is 0. The van der Waals surface area contributed by atoms with Crippen LogP contribution in [0.3, 0.4) is 0 Å². The summed E-state index contributed by atoms with van der Waals surface area (Å²) in [5.41, 5.74) is 0. The fourth-order valence-electron chi connectivity index (χ4n) is 1.79. The van der Waals surface area contributed by atoms with Gasteiger partial charge in [0.2, 0.25) is 5.91 Å². The molecule has 2 aliphatic rings. The minimum absolute atomic E-state index is 0.0364. The normalized spacial score (nSPS) is 28.2. The average molecular weight is 204 g/mol. The molecule has 1 amide bonds. The van der Waals surface area contributed by atoms with Crippen LogP contribution in [-0.2, 0) is 4.79 Å². The van der Waals surface area contributed by atoms with Gasteiger partial charge in [-0.25, -0.2) is 8.78 Å². The maximum atomic E-state index is 12.6. The van der Waals surface area contributed by atoms with Crippen molar-refractivity contribution in [2.75, 3.05) is 19.6 Å². The molecular formula is C9H14F2N2O. The van der Waals surface area contributed by atoms with Crippen molar-refractivity contribution < 1.29 is 13.6 Å². The van der Waals surface area contributed by atoms with E-state index < -0.39 is 12.5 Å². The van der Waals surface area contributed by atoms with Crippen molar-refractivity contribution in [1.82, 2.24) is 10.2 Å². The predicted molar refractivity (Wildman–Crippen MR) is 47.1 cm³/mol. The first-order valence-corrected chi connectivity index (χ1v) is 4.99. The van der Waals surface area contributed by atoms with Crippen LogP contribution in [0.1, 0.15) is 12.8 Å². The van der Waals surface area contributed by atoms with E-state index in [0.717, 1.165) is 12.8 Å². The van der Waals surface area contributed by atoms with E-state index >= 15 is 0 Å². The molecule has 0 aromatic rings. The van der Waals surface area contributed by atoms with Gasteiger partial charge in [0.25, 0.3) is 6.43 Å². The van der Waals surface area contributed by atoms with Gasteiger partial charge < -0.3 is 10.2 Å². The molecule has 1 aliphatic carbocycles. The molecule has 0 radical (unpaired) electrons. The summed E-state index contributed by atoms with van der Waals surface area (Å²) in [4.78, 5) is 13.0. The second kappa shape index (κ2) is 3.81. The van der Waals surface area contributed by atoms with Crippen LogP contribution in [0.25, 0.3) is 0 Å². The number of nitrogens with one attached hydrogen (secondary N) is 1. The van der Waals surface area contributed by atoms with Crippen LogP contribution in [0.2, 0.25) is 0 Å². The molecule has 1 aliphatic heterocycles. The minimum atomic E-state index is -2.44. The third-order valence-electron chi connectivity index (χ3n) is 2.78. The number of carbonyl (C=O) groups excluding carboxylic acids is 1. The zero-order valence-electron chi connectivity index (χ0n) is 7.88. The summed E-state index contributed by atoms with van der Waals surface area (Å²) in [6, 6.07) is -0.920. The third-order valence-corrected chi connectivity index (χ3v) is 2.78. The van der Waals surface area contributed by atoms with Crippen molar-refractivity contribution in [3.8, 4) is 0 Å². The molecule has 80 valence electrons. The molecule has 0 aromatic heterocycles. The van der Waals surface area contributed by atoms with E-state index in [1.807, 2.05) is 0 Å². The summed E-state index contributed by atoms with van der Waals surface area (Å²) in [6.07, 6.45) is -0.692. The molecule has 2 fully saturated rings. The first-order valence-electron chi connectivity index (χ1n) is 4.99. The Labute approximate surface area is 81.4 Å². The van der Waals surface area contributed by atoms with E-state index in [0.29, 0.717) is 13.1 Å². The molecule has 1 saturated heterocycles. The third kappa shape index (κ3) is 1.87. The Morgan fingerprint density at radius 3 is 2.71 bits per heavy atom. The van der Waals surface area contributed by atoms with Crippen LogP contribution >= 0.6 is 0 Å². The van der Waals surface area contributed by atoms with Crippen molar-refractivity contribution in [3.63, 3.8) is 0 Å². The van der Waals surface area contributed by atoms with Gasteiger partial charge in [-0.15, -0.1) is 0 Å². The maximum Gasteiger partial charge on any atom is 0.259 e. The lowest BCUT2D eigenvalue weighted by Crippen LogP contribution is -2.57. The quantitative estimate of drug-likeness (QED) is 0.708. The Hall–Kier alpha value is -0.710. The Morgan fingerprint density at radius 1 is 1.43 bits per heavy atom. The van der Waals surface area contributed by atoms with Crippen LogP contribution in [0, 0.1) is 5.92 Å². The number of hydrogen-bond donors (Lipinski definition) is 1. The molecule has 1 atom stereocenters. The van der Waals surface area contributed by atoms with Gasteiger partial charge in [0.05, 0.1) is 0 Å². The van der Waals surface area contributed by atoms with Crippen LogP contribution in [0.5, 0.6) is 0 Å². The highest BCUT2D eigenvalue weighted by molar-refractivity contribution is 5.81. The van der Waals surface area contributed by atoms with E-state index in [4.69, 9.17) is 0 Å². The largest absolute Gasteiger partial charge is 0.331 e. The Balaban J connectivity index is 2.01. The highest BCUT2D eigenvalue weighted by Crippen LogP contribution is 2.32. The van der Waals surface area contributed by atoms with Crippen LogP contribution in [0.4, 0.5) is 8.78 Å². The lowest BCUT2D eigenvalue weighted by Gasteiger charge is -2.35. The average Bonchev–Trinajstić information content (AvgIpc) is 3.00. The van der Waals surface area contributed by atoms with Gasteiger partial charge in [-0.1, -0.05) is 0 Å². The number of amides is 1. The number of piperazine rings is 1. The molecule has 3 nitrogen and oxygen atoms in total. The van der Waals surface area contributed by atoms with Gasteiger partial charge in [-0.3, -0.25) is 4.79 Å². The SMILES string of the molecule is O=C(C1CC1)N1CCNCC1C(F)F. The second-order valence-corrected chi connectivity index (χ2v) is 3.91. The molecule has 1 saturated carbocycles. The first-order chi connectivity index (χ1) is 6.70. The van der Waals surface area contributed by atoms with E-state index in [9.17, 15) is 13.6 Å². The molecule has 0 spiro atoms. The van der Waals surface area contributed by atoms with Gasteiger partial charge in [-0.05, 0) is 12.8 Å². The van der Waals surface area contributed by atoms with Crippen molar-refractivity contribution >= 4 is 5.91 Å². The number of halogens is 2. The number of hydrogen-bond acceptors (Lipinski definition) is 2. The number of alkyl halides is 2. The van der Waals surface area contributed by atoms with Gasteiger partial charge >= 0.3 is 0 Å². The van der Waals surface area contributed by atoms with E-state index in [-0.39, 0.29) is 18.4 Å².